The zero-order valence-corrected chi connectivity index (χ0v) is 12.0. The Labute approximate surface area is 118 Å². The molecule has 0 saturated carbocycles. The first-order chi connectivity index (χ1) is 9.49. The van der Waals surface area contributed by atoms with Crippen molar-refractivity contribution in [3.63, 3.8) is 0 Å². The number of hydrogen-bond donors (Lipinski definition) is 1. The number of hydrogen-bond acceptors (Lipinski definition) is 1. The number of benzene rings is 2. The van der Waals surface area contributed by atoms with Crippen molar-refractivity contribution in [2.45, 2.75) is 33.4 Å². The van der Waals surface area contributed by atoms with Gasteiger partial charge in [0.1, 0.15) is 0 Å². The van der Waals surface area contributed by atoms with E-state index >= 15 is 0 Å². The Morgan fingerprint density at radius 3 is 2.55 bits per heavy atom. The third-order valence-corrected chi connectivity index (χ3v) is 3.52. The van der Waals surface area contributed by atoms with E-state index in [2.05, 4.69) is 37.4 Å². The molecule has 0 heterocycles. The summed E-state index contributed by atoms with van der Waals surface area (Å²) in [5.41, 5.74) is 3.94. The summed E-state index contributed by atoms with van der Waals surface area (Å²) in [7, 11) is 0. The Hall–Kier alpha value is -1.74. The van der Waals surface area contributed by atoms with E-state index in [4.69, 9.17) is 0 Å². The molecular weight excluding hydrogens is 256 g/mol. The van der Waals surface area contributed by atoms with E-state index < -0.39 is 11.6 Å². The van der Waals surface area contributed by atoms with Gasteiger partial charge in [0.25, 0.3) is 0 Å². The Kier molecular flexibility index (Phi) is 4.50. The van der Waals surface area contributed by atoms with Crippen LogP contribution in [0.1, 0.15) is 35.2 Å². The van der Waals surface area contributed by atoms with E-state index in [9.17, 15) is 8.78 Å². The minimum Gasteiger partial charge on any atom is -0.306 e. The van der Waals surface area contributed by atoms with Gasteiger partial charge in [0, 0.05) is 18.2 Å². The van der Waals surface area contributed by atoms with E-state index in [1.807, 2.05) is 6.92 Å². The van der Waals surface area contributed by atoms with Gasteiger partial charge in [0.15, 0.2) is 11.6 Å². The Balaban J connectivity index is 2.08. The second-order valence-electron chi connectivity index (χ2n) is 5.18. The molecule has 2 rings (SSSR count). The number of nitrogens with one attached hydrogen (secondary N) is 1. The normalized spacial score (nSPS) is 12.4. The molecule has 0 aliphatic carbocycles. The van der Waals surface area contributed by atoms with Crippen LogP contribution in [0, 0.1) is 25.5 Å². The lowest BCUT2D eigenvalue weighted by molar-refractivity contribution is 0.484. The molecule has 0 spiro atoms. The molecule has 1 atom stereocenters. The van der Waals surface area contributed by atoms with Gasteiger partial charge in [-0.25, -0.2) is 8.78 Å². The largest absolute Gasteiger partial charge is 0.306 e. The van der Waals surface area contributed by atoms with Gasteiger partial charge < -0.3 is 5.32 Å². The molecule has 3 heteroatoms. The molecule has 0 saturated heterocycles. The molecule has 0 aromatic heterocycles. The highest BCUT2D eigenvalue weighted by Gasteiger charge is 2.11. The summed E-state index contributed by atoms with van der Waals surface area (Å²) in [6.07, 6.45) is 0. The first kappa shape index (κ1) is 14.7. The maximum absolute atomic E-state index is 13.6. The van der Waals surface area contributed by atoms with Gasteiger partial charge in [-0.2, -0.15) is 0 Å². The Morgan fingerprint density at radius 2 is 1.85 bits per heavy atom. The van der Waals surface area contributed by atoms with Crippen LogP contribution in [0.3, 0.4) is 0 Å². The average Bonchev–Trinajstić information content (AvgIpc) is 2.40. The monoisotopic (exact) mass is 275 g/mol. The zero-order chi connectivity index (χ0) is 14.7. The third kappa shape index (κ3) is 3.23. The predicted octanol–water partition coefficient (Wildman–Crippen LogP) is 4.43. The van der Waals surface area contributed by atoms with E-state index in [0.29, 0.717) is 12.1 Å². The second-order valence-corrected chi connectivity index (χ2v) is 5.18. The maximum atomic E-state index is 13.6. The fraction of sp³-hybridized carbons (Fsp3) is 0.294. The lowest BCUT2D eigenvalue weighted by atomic mass is 10.00. The average molecular weight is 275 g/mol. The second kappa shape index (κ2) is 6.14. The summed E-state index contributed by atoms with van der Waals surface area (Å²) in [6.45, 7) is 6.44. The summed E-state index contributed by atoms with van der Waals surface area (Å²) < 4.78 is 26.7. The zero-order valence-electron chi connectivity index (χ0n) is 12.0. The quantitative estimate of drug-likeness (QED) is 0.870. The summed E-state index contributed by atoms with van der Waals surface area (Å²) in [5.74, 6) is -1.57. The molecular formula is C17H19F2N. The fourth-order valence-electron chi connectivity index (χ4n) is 2.37. The van der Waals surface area contributed by atoms with Crippen molar-refractivity contribution < 1.29 is 8.78 Å². The smallest absolute Gasteiger partial charge is 0.163 e. The van der Waals surface area contributed by atoms with Gasteiger partial charge in [-0.05, 0) is 38.0 Å². The molecule has 1 N–H and O–H groups in total. The summed E-state index contributed by atoms with van der Waals surface area (Å²) in [4.78, 5) is 0. The van der Waals surface area contributed by atoms with Gasteiger partial charge >= 0.3 is 0 Å². The highest BCUT2D eigenvalue weighted by molar-refractivity contribution is 5.32. The topological polar surface area (TPSA) is 12.0 Å². The third-order valence-electron chi connectivity index (χ3n) is 3.52. The van der Waals surface area contributed by atoms with Crippen molar-refractivity contribution in [3.8, 4) is 0 Å². The molecule has 1 nitrogen and oxygen atoms in total. The molecule has 0 radical (unpaired) electrons. The van der Waals surface area contributed by atoms with Crippen molar-refractivity contribution in [1.82, 2.24) is 5.32 Å². The Bertz CT molecular complexity index is 608. The minimum atomic E-state index is -0.802. The molecule has 106 valence electrons. The summed E-state index contributed by atoms with van der Waals surface area (Å²) >= 11 is 0. The molecule has 0 bridgehead atoms. The van der Waals surface area contributed by atoms with Gasteiger partial charge in [-0.3, -0.25) is 0 Å². The summed E-state index contributed by atoms with van der Waals surface area (Å²) in [5, 5.41) is 3.24. The van der Waals surface area contributed by atoms with E-state index in [-0.39, 0.29) is 6.04 Å². The first-order valence-electron chi connectivity index (χ1n) is 6.72. The van der Waals surface area contributed by atoms with Gasteiger partial charge in [0.05, 0.1) is 0 Å². The van der Waals surface area contributed by atoms with Crippen LogP contribution in [0.5, 0.6) is 0 Å². The van der Waals surface area contributed by atoms with Crippen LogP contribution in [-0.2, 0) is 6.54 Å². The summed E-state index contributed by atoms with van der Waals surface area (Å²) in [6, 6.07) is 10.6. The molecule has 1 unspecified atom stereocenters. The van der Waals surface area contributed by atoms with Crippen molar-refractivity contribution >= 4 is 0 Å². The van der Waals surface area contributed by atoms with Crippen LogP contribution in [0.2, 0.25) is 0 Å². The molecule has 0 aliphatic rings. The minimum absolute atomic E-state index is 0.0817. The highest BCUT2D eigenvalue weighted by Crippen LogP contribution is 2.19. The highest BCUT2D eigenvalue weighted by atomic mass is 19.2. The lowest BCUT2D eigenvalue weighted by Gasteiger charge is -2.17. The van der Waals surface area contributed by atoms with Crippen LogP contribution >= 0.6 is 0 Å². The molecule has 0 fully saturated rings. The van der Waals surface area contributed by atoms with Crippen LogP contribution in [0.4, 0.5) is 8.78 Å². The molecule has 2 aromatic rings. The van der Waals surface area contributed by atoms with Crippen LogP contribution < -0.4 is 5.32 Å². The number of rotatable bonds is 4. The first-order valence-corrected chi connectivity index (χ1v) is 6.72. The van der Waals surface area contributed by atoms with Crippen LogP contribution in [-0.4, -0.2) is 0 Å². The van der Waals surface area contributed by atoms with Crippen molar-refractivity contribution in [2.75, 3.05) is 0 Å². The fourth-order valence-corrected chi connectivity index (χ4v) is 2.37. The lowest BCUT2D eigenvalue weighted by Crippen LogP contribution is -2.19. The SMILES string of the molecule is Cc1ccc(C(C)NCc2cccc(F)c2F)c(C)c1. The predicted molar refractivity (Wildman–Crippen MR) is 77.5 cm³/mol. The van der Waals surface area contributed by atoms with Crippen molar-refractivity contribution in [2.24, 2.45) is 0 Å². The molecule has 2 aromatic carbocycles. The van der Waals surface area contributed by atoms with Crippen LogP contribution in [0.25, 0.3) is 0 Å². The van der Waals surface area contributed by atoms with E-state index in [1.165, 1.54) is 22.8 Å². The number of halogens is 2. The van der Waals surface area contributed by atoms with E-state index in [0.717, 1.165) is 6.07 Å². The van der Waals surface area contributed by atoms with Crippen LogP contribution in [0.15, 0.2) is 36.4 Å². The molecule has 0 amide bonds. The van der Waals surface area contributed by atoms with Crippen molar-refractivity contribution in [1.29, 1.82) is 0 Å². The van der Waals surface area contributed by atoms with E-state index in [1.54, 1.807) is 6.07 Å². The van der Waals surface area contributed by atoms with Gasteiger partial charge in [-0.15, -0.1) is 0 Å². The molecule has 20 heavy (non-hydrogen) atoms. The maximum Gasteiger partial charge on any atom is 0.163 e. The van der Waals surface area contributed by atoms with Gasteiger partial charge in [0.2, 0.25) is 0 Å². The van der Waals surface area contributed by atoms with Gasteiger partial charge in [-0.1, -0.05) is 35.9 Å². The number of aryl methyl sites for hydroxylation is 2. The standard InChI is InChI=1S/C17H19F2N/c1-11-7-8-15(12(2)9-11)13(3)20-10-14-5-4-6-16(18)17(14)19/h4-9,13,20H,10H2,1-3H3. The Morgan fingerprint density at radius 1 is 1.10 bits per heavy atom. The van der Waals surface area contributed by atoms with Crippen molar-refractivity contribution in [3.05, 3.63) is 70.3 Å². The molecule has 0 aliphatic heterocycles.